The van der Waals surface area contributed by atoms with Gasteiger partial charge in [-0.1, -0.05) is 61.4 Å². The highest BCUT2D eigenvalue weighted by Gasteiger charge is 2.42. The van der Waals surface area contributed by atoms with Crippen LogP contribution >= 0.6 is 0 Å². The largest absolute Gasteiger partial charge is 0.359 e. The quantitative estimate of drug-likeness (QED) is 0.762. The van der Waals surface area contributed by atoms with Crippen LogP contribution in [-0.2, 0) is 16.0 Å². The molecule has 1 saturated carbocycles. The molecule has 1 aliphatic carbocycles. The number of nitrogens with zero attached hydrogens (tertiary/aromatic N) is 1. The van der Waals surface area contributed by atoms with E-state index in [0.29, 0.717) is 25.4 Å². The molecule has 31 heavy (non-hydrogen) atoms. The van der Waals surface area contributed by atoms with Crippen LogP contribution in [0.5, 0.6) is 0 Å². The van der Waals surface area contributed by atoms with Crippen molar-refractivity contribution >= 4 is 11.8 Å². The minimum atomic E-state index is -0.453. The lowest BCUT2D eigenvalue weighted by molar-refractivity contribution is -0.142. The molecule has 0 radical (unpaired) electrons. The van der Waals surface area contributed by atoms with Gasteiger partial charge in [0.05, 0.1) is 5.41 Å². The van der Waals surface area contributed by atoms with E-state index in [-0.39, 0.29) is 11.8 Å². The SMILES string of the molecule is CNC(=O)C1(Cc2cccc(-c3ccccc3C)c2)CCN(C(=O)C2CCCC2)CC1. The average molecular weight is 419 g/mol. The number of nitrogens with one attached hydrogen (secondary N) is 1. The van der Waals surface area contributed by atoms with Crippen LogP contribution in [0.2, 0.25) is 0 Å². The van der Waals surface area contributed by atoms with Crippen LogP contribution in [0.4, 0.5) is 0 Å². The van der Waals surface area contributed by atoms with Gasteiger partial charge in [0.25, 0.3) is 0 Å². The maximum Gasteiger partial charge on any atom is 0.226 e. The number of rotatable bonds is 5. The Labute approximate surface area is 186 Å². The van der Waals surface area contributed by atoms with E-state index in [2.05, 4.69) is 60.8 Å². The predicted molar refractivity (Wildman–Crippen MR) is 125 cm³/mol. The number of likely N-dealkylation sites (tertiary alicyclic amines) is 1. The zero-order valence-electron chi connectivity index (χ0n) is 18.8. The summed E-state index contributed by atoms with van der Waals surface area (Å²) in [5.74, 6) is 0.615. The molecule has 1 saturated heterocycles. The van der Waals surface area contributed by atoms with Gasteiger partial charge in [-0.05, 0) is 61.3 Å². The van der Waals surface area contributed by atoms with Crippen molar-refractivity contribution in [3.05, 3.63) is 59.7 Å². The van der Waals surface area contributed by atoms with Gasteiger partial charge in [-0.3, -0.25) is 9.59 Å². The number of piperidine rings is 1. The number of hydrogen-bond acceptors (Lipinski definition) is 2. The maximum atomic E-state index is 13.0. The highest BCUT2D eigenvalue weighted by molar-refractivity contribution is 5.84. The van der Waals surface area contributed by atoms with Gasteiger partial charge < -0.3 is 10.2 Å². The van der Waals surface area contributed by atoms with Crippen LogP contribution < -0.4 is 5.32 Å². The number of carbonyl (C=O) groups is 2. The summed E-state index contributed by atoms with van der Waals surface area (Å²) in [7, 11) is 1.73. The summed E-state index contributed by atoms with van der Waals surface area (Å²) in [5.41, 5.74) is 4.40. The number of benzene rings is 2. The van der Waals surface area contributed by atoms with E-state index in [9.17, 15) is 9.59 Å². The Hall–Kier alpha value is -2.62. The van der Waals surface area contributed by atoms with E-state index >= 15 is 0 Å². The standard InChI is InChI=1S/C27H34N2O2/c1-20-8-3-6-13-24(20)23-12-7-9-21(18-23)19-27(26(31)28-2)14-16-29(17-15-27)25(30)22-10-4-5-11-22/h3,6-9,12-13,18,22H,4-5,10-11,14-17,19H2,1-2H3,(H,28,31). The van der Waals surface area contributed by atoms with Gasteiger partial charge in [-0.25, -0.2) is 0 Å². The minimum Gasteiger partial charge on any atom is -0.359 e. The molecule has 0 aromatic heterocycles. The van der Waals surface area contributed by atoms with E-state index in [1.165, 1.54) is 35.1 Å². The molecule has 1 aliphatic heterocycles. The van der Waals surface area contributed by atoms with Crippen LogP contribution in [0.15, 0.2) is 48.5 Å². The predicted octanol–water partition coefficient (Wildman–Crippen LogP) is 4.75. The molecule has 2 aliphatic rings. The van der Waals surface area contributed by atoms with Crippen LogP contribution in [0.25, 0.3) is 11.1 Å². The summed E-state index contributed by atoms with van der Waals surface area (Å²) in [4.78, 5) is 27.9. The summed E-state index contributed by atoms with van der Waals surface area (Å²) in [6.45, 7) is 3.49. The Morgan fingerprint density at radius 3 is 2.42 bits per heavy atom. The molecule has 0 spiro atoms. The first-order valence-electron chi connectivity index (χ1n) is 11.7. The number of aryl methyl sites for hydroxylation is 1. The Balaban J connectivity index is 1.52. The molecule has 1 N–H and O–H groups in total. The summed E-state index contributed by atoms with van der Waals surface area (Å²) in [6.07, 6.45) is 6.55. The Bertz CT molecular complexity index is 938. The molecule has 2 amide bonds. The Morgan fingerprint density at radius 2 is 1.74 bits per heavy atom. The summed E-state index contributed by atoms with van der Waals surface area (Å²) < 4.78 is 0. The zero-order valence-corrected chi connectivity index (χ0v) is 18.8. The minimum absolute atomic E-state index is 0.0989. The summed E-state index contributed by atoms with van der Waals surface area (Å²) in [5, 5.41) is 2.91. The van der Waals surface area contributed by atoms with Gasteiger partial charge in [0, 0.05) is 26.1 Å². The number of carbonyl (C=O) groups excluding carboxylic acids is 2. The van der Waals surface area contributed by atoms with Crippen molar-refractivity contribution < 1.29 is 9.59 Å². The maximum absolute atomic E-state index is 13.0. The number of hydrogen-bond donors (Lipinski definition) is 1. The molecular weight excluding hydrogens is 384 g/mol. The highest BCUT2D eigenvalue weighted by Crippen LogP contribution is 2.38. The second kappa shape index (κ2) is 9.25. The molecule has 0 atom stereocenters. The first kappa shape index (κ1) is 21.6. The fourth-order valence-corrected chi connectivity index (χ4v) is 5.47. The lowest BCUT2D eigenvalue weighted by Gasteiger charge is -2.41. The average Bonchev–Trinajstić information content (AvgIpc) is 3.34. The zero-order chi connectivity index (χ0) is 21.8. The van der Waals surface area contributed by atoms with Crippen LogP contribution in [0, 0.1) is 18.3 Å². The molecule has 0 bridgehead atoms. The first-order chi connectivity index (χ1) is 15.0. The van der Waals surface area contributed by atoms with Crippen molar-refractivity contribution in [3.63, 3.8) is 0 Å². The van der Waals surface area contributed by atoms with Crippen molar-refractivity contribution in [1.82, 2.24) is 10.2 Å². The monoisotopic (exact) mass is 418 g/mol. The second-order valence-electron chi connectivity index (χ2n) is 9.36. The third-order valence-electron chi connectivity index (χ3n) is 7.37. The molecule has 0 unspecified atom stereocenters. The third kappa shape index (κ3) is 4.53. The Morgan fingerprint density at radius 1 is 1.03 bits per heavy atom. The molecule has 2 fully saturated rings. The first-order valence-corrected chi connectivity index (χ1v) is 11.7. The van der Waals surface area contributed by atoms with Gasteiger partial charge >= 0.3 is 0 Å². The third-order valence-corrected chi connectivity index (χ3v) is 7.37. The molecule has 4 nitrogen and oxygen atoms in total. The summed E-state index contributed by atoms with van der Waals surface area (Å²) in [6, 6.07) is 17.0. The normalized spacial score (nSPS) is 18.7. The van der Waals surface area contributed by atoms with Gasteiger partial charge in [-0.15, -0.1) is 0 Å². The molecule has 2 aromatic carbocycles. The second-order valence-corrected chi connectivity index (χ2v) is 9.36. The van der Waals surface area contributed by atoms with Crippen molar-refractivity contribution in [2.75, 3.05) is 20.1 Å². The van der Waals surface area contributed by atoms with E-state index < -0.39 is 5.41 Å². The van der Waals surface area contributed by atoms with Crippen LogP contribution in [0.3, 0.4) is 0 Å². The van der Waals surface area contributed by atoms with E-state index in [1.807, 2.05) is 4.90 Å². The van der Waals surface area contributed by atoms with Crippen molar-refractivity contribution in [1.29, 1.82) is 0 Å². The molecule has 164 valence electrons. The van der Waals surface area contributed by atoms with Crippen molar-refractivity contribution in [3.8, 4) is 11.1 Å². The fourth-order valence-electron chi connectivity index (χ4n) is 5.47. The molecule has 2 aromatic rings. The van der Waals surface area contributed by atoms with E-state index in [0.717, 1.165) is 25.7 Å². The molecule has 4 heteroatoms. The van der Waals surface area contributed by atoms with E-state index in [1.54, 1.807) is 7.05 Å². The number of amides is 2. The lowest BCUT2D eigenvalue weighted by Crippen LogP contribution is -2.51. The van der Waals surface area contributed by atoms with Gasteiger partial charge in [-0.2, -0.15) is 0 Å². The van der Waals surface area contributed by atoms with Gasteiger partial charge in [0.15, 0.2) is 0 Å². The molecule has 1 heterocycles. The topological polar surface area (TPSA) is 49.4 Å². The fraction of sp³-hybridized carbons (Fsp3) is 0.481. The highest BCUT2D eigenvalue weighted by atomic mass is 16.2. The van der Waals surface area contributed by atoms with Gasteiger partial charge in [0.2, 0.25) is 11.8 Å². The van der Waals surface area contributed by atoms with E-state index in [4.69, 9.17) is 0 Å². The molecule has 4 rings (SSSR count). The smallest absolute Gasteiger partial charge is 0.226 e. The van der Waals surface area contributed by atoms with Crippen molar-refractivity contribution in [2.24, 2.45) is 11.3 Å². The molecular formula is C27H34N2O2. The summed E-state index contributed by atoms with van der Waals surface area (Å²) >= 11 is 0. The van der Waals surface area contributed by atoms with Crippen molar-refractivity contribution in [2.45, 2.75) is 51.9 Å². The van der Waals surface area contributed by atoms with Crippen LogP contribution in [-0.4, -0.2) is 36.9 Å². The van der Waals surface area contributed by atoms with Gasteiger partial charge in [0.1, 0.15) is 0 Å². The van der Waals surface area contributed by atoms with Crippen LogP contribution in [0.1, 0.15) is 49.7 Å². The Kier molecular flexibility index (Phi) is 6.45. The lowest BCUT2D eigenvalue weighted by atomic mass is 9.72.